The highest BCUT2D eigenvalue weighted by Gasteiger charge is 2.10. The molecule has 0 spiro atoms. The molecule has 2 aromatic rings. The van der Waals surface area contributed by atoms with Crippen molar-refractivity contribution in [3.63, 3.8) is 0 Å². The number of hydrogen-bond acceptors (Lipinski definition) is 1. The monoisotopic (exact) mass is 190 g/mol. The van der Waals surface area contributed by atoms with Gasteiger partial charge in [0.15, 0.2) is 6.54 Å². The van der Waals surface area contributed by atoms with Crippen LogP contribution in [0.5, 0.6) is 0 Å². The van der Waals surface area contributed by atoms with Gasteiger partial charge in [0.05, 0.1) is 0 Å². The van der Waals surface area contributed by atoms with Crippen LogP contribution in [-0.4, -0.2) is 0 Å². The van der Waals surface area contributed by atoms with Crippen LogP contribution in [0.15, 0.2) is 35.1 Å². The molecule has 0 N–H and O–H groups in total. The quantitative estimate of drug-likeness (QED) is 0.535. The van der Waals surface area contributed by atoms with Gasteiger partial charge in [-0.3, -0.25) is 0 Å². The Labute approximate surface area is 84.2 Å². The van der Waals surface area contributed by atoms with Crippen LogP contribution in [0.4, 0.5) is 0 Å². The van der Waals surface area contributed by atoms with E-state index in [1.165, 1.54) is 24.8 Å². The smallest absolute Gasteiger partial charge is 0.335 e. The Hall–Kier alpha value is -1.31. The van der Waals surface area contributed by atoms with Crippen LogP contribution >= 0.6 is 0 Å². The van der Waals surface area contributed by atoms with Crippen molar-refractivity contribution >= 4 is 11.1 Å². The fourth-order valence-electron chi connectivity index (χ4n) is 1.68. The van der Waals surface area contributed by atoms with E-state index >= 15 is 0 Å². The van der Waals surface area contributed by atoms with Gasteiger partial charge in [-0.25, -0.2) is 0 Å². The normalized spacial score (nSPS) is 10.9. The molecule has 0 atom stereocenters. The zero-order chi connectivity index (χ0) is 9.80. The number of fused-ring (bicyclic) bond motifs is 1. The predicted molar refractivity (Wildman–Crippen MR) is 55.9 cm³/mol. The topological polar surface area (TPSA) is 17.0 Å². The first kappa shape index (κ1) is 9.25. The summed E-state index contributed by atoms with van der Waals surface area (Å²) >= 11 is 0. The van der Waals surface area contributed by atoms with Gasteiger partial charge in [-0.2, -0.15) is 4.57 Å². The van der Waals surface area contributed by atoms with Gasteiger partial charge in [-0.05, 0) is 12.5 Å². The van der Waals surface area contributed by atoms with Crippen molar-refractivity contribution in [2.24, 2.45) is 0 Å². The minimum absolute atomic E-state index is 0.976. The molecule has 0 aliphatic carbocycles. The Morgan fingerprint density at radius 2 is 2.07 bits per heavy atom. The van der Waals surface area contributed by atoms with E-state index < -0.39 is 0 Å². The molecule has 2 rings (SSSR count). The van der Waals surface area contributed by atoms with Crippen LogP contribution in [0.2, 0.25) is 0 Å². The molecule has 0 aliphatic heterocycles. The van der Waals surface area contributed by atoms with Gasteiger partial charge in [0.1, 0.15) is 0 Å². The minimum atomic E-state index is 0.976. The maximum absolute atomic E-state index is 5.44. The first-order valence-corrected chi connectivity index (χ1v) is 5.27. The third kappa shape index (κ3) is 1.79. The lowest BCUT2D eigenvalue weighted by atomic mass is 10.2. The van der Waals surface area contributed by atoms with Crippen LogP contribution in [0.1, 0.15) is 26.2 Å². The van der Waals surface area contributed by atoms with Crippen LogP contribution in [0, 0.1) is 0 Å². The fraction of sp³-hybridized carbons (Fsp3) is 0.417. The highest BCUT2D eigenvalue weighted by Crippen LogP contribution is 2.09. The molecule has 0 saturated carbocycles. The SMILES string of the molecule is CCCCC[n+]1coc2ccccc21. The molecule has 2 nitrogen and oxygen atoms in total. The summed E-state index contributed by atoms with van der Waals surface area (Å²) in [7, 11) is 0. The predicted octanol–water partition coefficient (Wildman–Crippen LogP) is 2.91. The first-order valence-electron chi connectivity index (χ1n) is 5.27. The van der Waals surface area contributed by atoms with Gasteiger partial charge in [0.25, 0.3) is 5.52 Å². The molecule has 0 aliphatic rings. The zero-order valence-electron chi connectivity index (χ0n) is 8.57. The number of aromatic nitrogens is 1. The van der Waals surface area contributed by atoms with Gasteiger partial charge in [0.2, 0.25) is 5.58 Å². The van der Waals surface area contributed by atoms with E-state index in [1.807, 2.05) is 24.6 Å². The van der Waals surface area contributed by atoms with E-state index in [9.17, 15) is 0 Å². The molecule has 1 aromatic heterocycles. The third-order valence-electron chi connectivity index (χ3n) is 2.48. The Balaban J connectivity index is 2.17. The molecule has 14 heavy (non-hydrogen) atoms. The Morgan fingerprint density at radius 1 is 1.21 bits per heavy atom. The maximum atomic E-state index is 5.44. The summed E-state index contributed by atoms with van der Waals surface area (Å²) in [6, 6.07) is 8.16. The lowest BCUT2D eigenvalue weighted by Crippen LogP contribution is -2.31. The Morgan fingerprint density at radius 3 is 2.93 bits per heavy atom. The minimum Gasteiger partial charge on any atom is -0.404 e. The van der Waals surface area contributed by atoms with Crippen LogP contribution in [0.25, 0.3) is 11.1 Å². The van der Waals surface area contributed by atoms with E-state index in [4.69, 9.17) is 4.42 Å². The number of hydrogen-bond donors (Lipinski definition) is 0. The summed E-state index contributed by atoms with van der Waals surface area (Å²) in [4.78, 5) is 0. The largest absolute Gasteiger partial charge is 0.404 e. The number of benzene rings is 1. The molecule has 1 aromatic carbocycles. The third-order valence-corrected chi connectivity index (χ3v) is 2.48. The Kier molecular flexibility index (Phi) is 2.82. The highest BCUT2D eigenvalue weighted by molar-refractivity contribution is 5.67. The number of nitrogens with zero attached hydrogens (tertiary/aromatic N) is 1. The summed E-state index contributed by atoms with van der Waals surface area (Å²) in [5.74, 6) is 0. The molecule has 1 heterocycles. The number of para-hydroxylation sites is 2. The number of aryl methyl sites for hydroxylation is 1. The molecular weight excluding hydrogens is 174 g/mol. The lowest BCUT2D eigenvalue weighted by Gasteiger charge is -1.91. The van der Waals surface area contributed by atoms with E-state index in [0.29, 0.717) is 0 Å². The fourth-order valence-corrected chi connectivity index (χ4v) is 1.68. The number of unbranched alkanes of at least 4 members (excludes halogenated alkanes) is 2. The zero-order valence-corrected chi connectivity index (χ0v) is 8.57. The van der Waals surface area contributed by atoms with Gasteiger partial charge < -0.3 is 4.42 Å². The van der Waals surface area contributed by atoms with Crippen molar-refractivity contribution in [1.29, 1.82) is 0 Å². The molecule has 0 amide bonds. The van der Waals surface area contributed by atoms with Crippen molar-refractivity contribution in [3.05, 3.63) is 30.7 Å². The van der Waals surface area contributed by atoms with E-state index in [2.05, 4.69) is 17.6 Å². The van der Waals surface area contributed by atoms with E-state index in [-0.39, 0.29) is 0 Å². The highest BCUT2D eigenvalue weighted by atomic mass is 16.3. The molecule has 0 bridgehead atoms. The van der Waals surface area contributed by atoms with Gasteiger partial charge in [0, 0.05) is 12.5 Å². The summed E-state index contributed by atoms with van der Waals surface area (Å²) in [6.45, 7) is 3.28. The lowest BCUT2D eigenvalue weighted by molar-refractivity contribution is -0.676. The number of oxazole rings is 1. The summed E-state index contributed by atoms with van der Waals surface area (Å²) in [5.41, 5.74) is 2.17. The van der Waals surface area contributed by atoms with E-state index in [0.717, 1.165) is 12.1 Å². The van der Waals surface area contributed by atoms with Crippen molar-refractivity contribution in [3.8, 4) is 0 Å². The van der Waals surface area contributed by atoms with Crippen molar-refractivity contribution in [2.75, 3.05) is 0 Å². The average molecular weight is 190 g/mol. The second kappa shape index (κ2) is 4.27. The number of rotatable bonds is 4. The summed E-state index contributed by atoms with van der Waals surface area (Å²) in [6.07, 6.45) is 5.59. The van der Waals surface area contributed by atoms with Gasteiger partial charge in [-0.15, -0.1) is 0 Å². The Bertz CT molecular complexity index is 405. The molecule has 2 heteroatoms. The van der Waals surface area contributed by atoms with Crippen molar-refractivity contribution in [1.82, 2.24) is 0 Å². The van der Waals surface area contributed by atoms with Crippen molar-refractivity contribution < 1.29 is 8.98 Å². The molecule has 0 saturated heterocycles. The van der Waals surface area contributed by atoms with E-state index in [1.54, 1.807) is 0 Å². The second-order valence-corrected chi connectivity index (χ2v) is 3.59. The van der Waals surface area contributed by atoms with Crippen molar-refractivity contribution in [2.45, 2.75) is 32.7 Å². The molecular formula is C12H16NO+. The van der Waals surface area contributed by atoms with Gasteiger partial charge in [-0.1, -0.05) is 25.5 Å². The summed E-state index contributed by atoms with van der Waals surface area (Å²) in [5, 5.41) is 0. The molecule has 0 unspecified atom stereocenters. The molecule has 0 radical (unpaired) electrons. The maximum Gasteiger partial charge on any atom is 0.335 e. The average Bonchev–Trinajstić information content (AvgIpc) is 2.63. The summed E-state index contributed by atoms with van der Waals surface area (Å²) < 4.78 is 7.63. The van der Waals surface area contributed by atoms with Crippen LogP contribution in [-0.2, 0) is 6.54 Å². The van der Waals surface area contributed by atoms with Crippen LogP contribution in [0.3, 0.4) is 0 Å². The molecule has 0 fully saturated rings. The standard InChI is InChI=1S/C12H16NO/c1-2-3-6-9-13-10-14-12-8-5-4-7-11(12)13/h4-5,7-8,10H,2-3,6,9H2,1H3/q+1. The van der Waals surface area contributed by atoms with Crippen LogP contribution < -0.4 is 4.57 Å². The second-order valence-electron chi connectivity index (χ2n) is 3.59. The van der Waals surface area contributed by atoms with Gasteiger partial charge >= 0.3 is 6.39 Å². The first-order chi connectivity index (χ1) is 6.92. The molecule has 74 valence electrons.